The lowest BCUT2D eigenvalue weighted by atomic mass is 10.2. The summed E-state index contributed by atoms with van der Waals surface area (Å²) in [5.41, 5.74) is 1.20. The number of hydrogen-bond donors (Lipinski definition) is 1. The molecular weight excluding hydrogens is 278 g/mol. The first-order valence-electron chi connectivity index (χ1n) is 8.04. The Morgan fingerprint density at radius 3 is 2.32 bits per heavy atom. The van der Waals surface area contributed by atoms with E-state index >= 15 is 0 Å². The number of hydrogen-bond acceptors (Lipinski definition) is 3. The molecule has 1 saturated carbocycles. The van der Waals surface area contributed by atoms with Gasteiger partial charge in [-0.25, -0.2) is 0 Å². The maximum atomic E-state index is 12.4. The Morgan fingerprint density at radius 1 is 1.09 bits per heavy atom. The van der Waals surface area contributed by atoms with Gasteiger partial charge in [0.15, 0.2) is 0 Å². The van der Waals surface area contributed by atoms with E-state index in [1.165, 1.54) is 5.69 Å². The normalized spacial score (nSPS) is 19.7. The van der Waals surface area contributed by atoms with Gasteiger partial charge in [0.1, 0.15) is 6.04 Å². The quantitative estimate of drug-likeness (QED) is 0.910. The maximum absolute atomic E-state index is 12.4. The van der Waals surface area contributed by atoms with Gasteiger partial charge in [0.2, 0.25) is 11.8 Å². The molecule has 1 N–H and O–H groups in total. The van der Waals surface area contributed by atoms with Crippen molar-refractivity contribution in [1.82, 2.24) is 10.2 Å². The summed E-state index contributed by atoms with van der Waals surface area (Å²) in [5, 5.41) is 2.84. The van der Waals surface area contributed by atoms with E-state index in [0.29, 0.717) is 13.1 Å². The minimum Gasteiger partial charge on any atom is -0.368 e. The van der Waals surface area contributed by atoms with Crippen molar-refractivity contribution in [2.75, 3.05) is 31.1 Å². The van der Waals surface area contributed by atoms with Gasteiger partial charge in [0.05, 0.1) is 0 Å². The van der Waals surface area contributed by atoms with Gasteiger partial charge in [-0.2, -0.15) is 0 Å². The highest BCUT2D eigenvalue weighted by molar-refractivity contribution is 5.89. The molecule has 1 aliphatic heterocycles. The van der Waals surface area contributed by atoms with Gasteiger partial charge in [-0.05, 0) is 31.9 Å². The van der Waals surface area contributed by atoms with Crippen LogP contribution in [0.5, 0.6) is 0 Å². The van der Waals surface area contributed by atoms with Crippen molar-refractivity contribution in [1.29, 1.82) is 0 Å². The van der Waals surface area contributed by atoms with Crippen LogP contribution in [-0.2, 0) is 9.59 Å². The highest BCUT2D eigenvalue weighted by Gasteiger charge is 2.32. The molecule has 2 amide bonds. The van der Waals surface area contributed by atoms with Crippen molar-refractivity contribution in [2.45, 2.75) is 25.8 Å². The second-order valence-electron chi connectivity index (χ2n) is 6.15. The maximum Gasteiger partial charge on any atom is 0.244 e. The van der Waals surface area contributed by atoms with Gasteiger partial charge in [-0.3, -0.25) is 9.59 Å². The smallest absolute Gasteiger partial charge is 0.244 e. The van der Waals surface area contributed by atoms with E-state index in [2.05, 4.69) is 22.3 Å². The summed E-state index contributed by atoms with van der Waals surface area (Å²) in [6.45, 7) is 4.86. The predicted molar refractivity (Wildman–Crippen MR) is 85.6 cm³/mol. The molecule has 5 heteroatoms. The summed E-state index contributed by atoms with van der Waals surface area (Å²) < 4.78 is 0. The molecule has 0 aromatic heterocycles. The number of carbonyl (C=O) groups excluding carboxylic acids is 2. The Balaban J connectivity index is 1.50. The monoisotopic (exact) mass is 301 g/mol. The van der Waals surface area contributed by atoms with E-state index in [-0.39, 0.29) is 17.7 Å². The Morgan fingerprint density at radius 2 is 1.73 bits per heavy atom. The van der Waals surface area contributed by atoms with Crippen LogP contribution in [0.25, 0.3) is 0 Å². The molecule has 1 aromatic carbocycles. The van der Waals surface area contributed by atoms with Crippen molar-refractivity contribution in [3.63, 3.8) is 0 Å². The Hall–Kier alpha value is -2.04. The highest BCUT2D eigenvalue weighted by Crippen LogP contribution is 2.28. The van der Waals surface area contributed by atoms with Crippen LogP contribution in [0, 0.1) is 5.92 Å². The lowest BCUT2D eigenvalue weighted by molar-refractivity contribution is -0.136. The SMILES string of the molecule is C[C@H](NC(=O)C1CC1)C(=O)N1CCN(c2ccccc2)CC1. The number of nitrogens with zero attached hydrogens (tertiary/aromatic N) is 2. The fourth-order valence-corrected chi connectivity index (χ4v) is 2.84. The average Bonchev–Trinajstić information content (AvgIpc) is 3.40. The third kappa shape index (κ3) is 3.40. The molecule has 0 bridgehead atoms. The van der Waals surface area contributed by atoms with Crippen LogP contribution in [0.1, 0.15) is 19.8 Å². The van der Waals surface area contributed by atoms with E-state index in [0.717, 1.165) is 25.9 Å². The topological polar surface area (TPSA) is 52.7 Å². The summed E-state index contributed by atoms with van der Waals surface area (Å²) >= 11 is 0. The molecule has 1 atom stereocenters. The molecule has 118 valence electrons. The van der Waals surface area contributed by atoms with Crippen LogP contribution in [0.2, 0.25) is 0 Å². The van der Waals surface area contributed by atoms with Gasteiger partial charge >= 0.3 is 0 Å². The third-order valence-corrected chi connectivity index (χ3v) is 4.39. The first kappa shape index (κ1) is 14.9. The van der Waals surface area contributed by atoms with Crippen molar-refractivity contribution >= 4 is 17.5 Å². The summed E-state index contributed by atoms with van der Waals surface area (Å²) in [4.78, 5) is 28.3. The number of rotatable bonds is 4. The van der Waals surface area contributed by atoms with Gasteiger partial charge in [-0.1, -0.05) is 18.2 Å². The summed E-state index contributed by atoms with van der Waals surface area (Å²) in [5.74, 6) is 0.204. The fourth-order valence-electron chi connectivity index (χ4n) is 2.84. The number of para-hydroxylation sites is 1. The van der Waals surface area contributed by atoms with Crippen molar-refractivity contribution in [3.05, 3.63) is 30.3 Å². The molecule has 1 aromatic rings. The molecule has 2 fully saturated rings. The molecule has 0 unspecified atom stereocenters. The largest absolute Gasteiger partial charge is 0.368 e. The van der Waals surface area contributed by atoms with Gasteiger partial charge < -0.3 is 15.1 Å². The number of anilines is 1. The van der Waals surface area contributed by atoms with Gasteiger partial charge in [0.25, 0.3) is 0 Å². The lowest BCUT2D eigenvalue weighted by Crippen LogP contribution is -2.54. The minimum absolute atomic E-state index is 0.0294. The molecule has 1 aliphatic carbocycles. The number of carbonyl (C=O) groups is 2. The molecule has 1 heterocycles. The van der Waals surface area contributed by atoms with Crippen molar-refractivity contribution < 1.29 is 9.59 Å². The molecular formula is C17H23N3O2. The second kappa shape index (κ2) is 6.38. The first-order chi connectivity index (χ1) is 10.6. The van der Waals surface area contributed by atoms with Gasteiger partial charge in [-0.15, -0.1) is 0 Å². The van der Waals surface area contributed by atoms with Crippen molar-refractivity contribution in [2.24, 2.45) is 5.92 Å². The Bertz CT molecular complexity index is 534. The predicted octanol–water partition coefficient (Wildman–Crippen LogP) is 1.25. The molecule has 0 spiro atoms. The molecule has 2 aliphatic rings. The van der Waals surface area contributed by atoms with E-state index in [1.807, 2.05) is 23.1 Å². The van der Waals surface area contributed by atoms with Gasteiger partial charge in [0, 0.05) is 37.8 Å². The molecule has 1 saturated heterocycles. The summed E-state index contributed by atoms with van der Waals surface area (Å²) in [7, 11) is 0. The first-order valence-corrected chi connectivity index (χ1v) is 8.04. The number of piperazine rings is 1. The van der Waals surface area contributed by atoms with Crippen molar-refractivity contribution in [3.8, 4) is 0 Å². The van der Waals surface area contributed by atoms with E-state index in [1.54, 1.807) is 6.92 Å². The zero-order valence-electron chi connectivity index (χ0n) is 13.0. The van der Waals surface area contributed by atoms with E-state index < -0.39 is 6.04 Å². The fraction of sp³-hybridized carbons (Fsp3) is 0.529. The number of amides is 2. The molecule has 0 radical (unpaired) electrons. The van der Waals surface area contributed by atoms with Crippen LogP contribution in [0.3, 0.4) is 0 Å². The second-order valence-corrected chi connectivity index (χ2v) is 6.15. The number of nitrogens with one attached hydrogen (secondary N) is 1. The lowest BCUT2D eigenvalue weighted by Gasteiger charge is -2.37. The van der Waals surface area contributed by atoms with E-state index in [9.17, 15) is 9.59 Å². The third-order valence-electron chi connectivity index (χ3n) is 4.39. The highest BCUT2D eigenvalue weighted by atomic mass is 16.2. The number of benzene rings is 1. The van der Waals surface area contributed by atoms with Crippen LogP contribution < -0.4 is 10.2 Å². The summed E-state index contributed by atoms with van der Waals surface area (Å²) in [6, 6.07) is 9.83. The Labute approximate surface area is 131 Å². The van der Waals surface area contributed by atoms with E-state index in [4.69, 9.17) is 0 Å². The Kier molecular flexibility index (Phi) is 4.32. The molecule has 22 heavy (non-hydrogen) atoms. The average molecular weight is 301 g/mol. The van der Waals surface area contributed by atoms with Crippen LogP contribution in [-0.4, -0.2) is 48.9 Å². The van der Waals surface area contributed by atoms with Crippen LogP contribution in [0.15, 0.2) is 30.3 Å². The summed E-state index contributed by atoms with van der Waals surface area (Å²) in [6.07, 6.45) is 1.92. The standard InChI is InChI=1S/C17H23N3O2/c1-13(18-16(21)14-7-8-14)17(22)20-11-9-19(10-12-20)15-5-3-2-4-6-15/h2-6,13-14H,7-12H2,1H3,(H,18,21)/t13-/m0/s1. The minimum atomic E-state index is -0.420. The van der Waals surface area contributed by atoms with Crippen LogP contribution >= 0.6 is 0 Å². The van der Waals surface area contributed by atoms with Crippen LogP contribution in [0.4, 0.5) is 5.69 Å². The zero-order chi connectivity index (χ0) is 15.5. The molecule has 5 nitrogen and oxygen atoms in total. The zero-order valence-corrected chi connectivity index (χ0v) is 13.0. The molecule has 3 rings (SSSR count).